The SMILES string of the molecule is COC(=O)c1cn(-c2ncc[nH]2)nn1. The van der Waals surface area contributed by atoms with E-state index < -0.39 is 5.97 Å². The maximum atomic E-state index is 11.0. The number of nitrogens with one attached hydrogen (secondary N) is 1. The van der Waals surface area contributed by atoms with Gasteiger partial charge in [-0.2, -0.15) is 4.68 Å². The average Bonchev–Trinajstić information content (AvgIpc) is 2.86. The first-order valence-electron chi connectivity index (χ1n) is 3.81. The molecule has 2 rings (SSSR count). The molecule has 0 fully saturated rings. The molecule has 0 saturated heterocycles. The van der Waals surface area contributed by atoms with Crippen LogP contribution in [0.3, 0.4) is 0 Å². The molecule has 72 valence electrons. The Morgan fingerprint density at radius 1 is 1.64 bits per heavy atom. The summed E-state index contributed by atoms with van der Waals surface area (Å²) < 4.78 is 5.83. The van der Waals surface area contributed by atoms with Gasteiger partial charge in [0, 0.05) is 12.4 Å². The number of H-pyrrole nitrogens is 1. The molecular weight excluding hydrogens is 186 g/mol. The summed E-state index contributed by atoms with van der Waals surface area (Å²) in [7, 11) is 1.29. The van der Waals surface area contributed by atoms with E-state index in [0.717, 1.165) is 0 Å². The molecule has 7 nitrogen and oxygen atoms in total. The van der Waals surface area contributed by atoms with E-state index in [2.05, 4.69) is 25.0 Å². The molecule has 1 N–H and O–H groups in total. The van der Waals surface area contributed by atoms with Crippen LogP contribution in [0.4, 0.5) is 0 Å². The Kier molecular flexibility index (Phi) is 1.98. The molecule has 0 bridgehead atoms. The van der Waals surface area contributed by atoms with Gasteiger partial charge in [-0.25, -0.2) is 9.78 Å². The van der Waals surface area contributed by atoms with Gasteiger partial charge in [-0.05, 0) is 0 Å². The zero-order valence-corrected chi connectivity index (χ0v) is 7.34. The normalized spacial score (nSPS) is 10.1. The summed E-state index contributed by atoms with van der Waals surface area (Å²) in [6.45, 7) is 0. The quantitative estimate of drug-likeness (QED) is 0.666. The number of carbonyl (C=O) groups excluding carboxylic acids is 1. The monoisotopic (exact) mass is 193 g/mol. The van der Waals surface area contributed by atoms with Crippen molar-refractivity contribution in [1.82, 2.24) is 25.0 Å². The first-order valence-corrected chi connectivity index (χ1v) is 3.81. The molecule has 0 atom stereocenters. The highest BCUT2D eigenvalue weighted by Gasteiger charge is 2.11. The van der Waals surface area contributed by atoms with E-state index in [1.807, 2.05) is 0 Å². The first-order chi connectivity index (χ1) is 6.81. The maximum Gasteiger partial charge on any atom is 0.360 e. The molecule has 0 spiro atoms. The summed E-state index contributed by atoms with van der Waals surface area (Å²) >= 11 is 0. The number of hydrogen-bond donors (Lipinski definition) is 1. The van der Waals surface area contributed by atoms with E-state index in [1.54, 1.807) is 12.4 Å². The van der Waals surface area contributed by atoms with Crippen LogP contribution in [0.25, 0.3) is 5.95 Å². The fraction of sp³-hybridized carbons (Fsp3) is 0.143. The second-order valence-electron chi connectivity index (χ2n) is 2.45. The maximum absolute atomic E-state index is 11.0. The standard InChI is InChI=1S/C7H7N5O2/c1-14-6(13)5-4-12(11-10-5)7-8-2-3-9-7/h2-4H,1H3,(H,8,9). The number of methoxy groups -OCH3 is 1. The lowest BCUT2D eigenvalue weighted by atomic mass is 10.5. The number of imidazole rings is 1. The molecule has 2 aromatic rings. The lowest BCUT2D eigenvalue weighted by molar-refractivity contribution is 0.0594. The summed E-state index contributed by atoms with van der Waals surface area (Å²) in [4.78, 5) is 17.8. The molecule has 0 aliphatic heterocycles. The third-order valence-corrected chi connectivity index (χ3v) is 1.59. The van der Waals surface area contributed by atoms with E-state index >= 15 is 0 Å². The van der Waals surface area contributed by atoms with Crippen LogP contribution in [0.2, 0.25) is 0 Å². The first kappa shape index (κ1) is 8.42. The Morgan fingerprint density at radius 2 is 2.50 bits per heavy atom. The van der Waals surface area contributed by atoms with E-state index in [0.29, 0.717) is 5.95 Å². The molecule has 2 heterocycles. The zero-order valence-electron chi connectivity index (χ0n) is 7.34. The van der Waals surface area contributed by atoms with Gasteiger partial charge in [-0.3, -0.25) is 0 Å². The van der Waals surface area contributed by atoms with Crippen LogP contribution in [-0.2, 0) is 4.74 Å². The molecule has 0 aliphatic carbocycles. The van der Waals surface area contributed by atoms with Crippen molar-refractivity contribution in [2.45, 2.75) is 0 Å². The van der Waals surface area contributed by atoms with E-state index in [1.165, 1.54) is 18.0 Å². The predicted molar refractivity (Wildman–Crippen MR) is 44.8 cm³/mol. The molecule has 7 heteroatoms. The Morgan fingerprint density at radius 3 is 3.14 bits per heavy atom. The van der Waals surface area contributed by atoms with Gasteiger partial charge < -0.3 is 9.72 Å². The van der Waals surface area contributed by atoms with Crippen molar-refractivity contribution in [2.75, 3.05) is 7.11 Å². The Hall–Kier alpha value is -2.18. The summed E-state index contributed by atoms with van der Waals surface area (Å²) in [6.07, 6.45) is 4.66. The van der Waals surface area contributed by atoms with E-state index in [9.17, 15) is 4.79 Å². The second kappa shape index (κ2) is 3.29. The van der Waals surface area contributed by atoms with Gasteiger partial charge in [0.15, 0.2) is 5.69 Å². The molecule has 0 unspecified atom stereocenters. The number of ether oxygens (including phenoxy) is 1. The third kappa shape index (κ3) is 1.35. The van der Waals surface area contributed by atoms with Crippen molar-refractivity contribution in [3.05, 3.63) is 24.3 Å². The molecular formula is C7H7N5O2. The molecule has 0 aromatic carbocycles. The van der Waals surface area contributed by atoms with Gasteiger partial charge in [0.2, 0.25) is 5.95 Å². The van der Waals surface area contributed by atoms with Crippen molar-refractivity contribution in [3.8, 4) is 5.95 Å². The minimum absolute atomic E-state index is 0.143. The number of carbonyl (C=O) groups is 1. The van der Waals surface area contributed by atoms with Gasteiger partial charge in [0.05, 0.1) is 13.3 Å². The smallest absolute Gasteiger partial charge is 0.360 e. The Labute approximate surface area is 78.7 Å². The molecule has 0 aliphatic rings. The fourth-order valence-electron chi connectivity index (χ4n) is 0.948. The Bertz CT molecular complexity index is 433. The fourth-order valence-corrected chi connectivity index (χ4v) is 0.948. The van der Waals surface area contributed by atoms with Crippen LogP contribution < -0.4 is 0 Å². The van der Waals surface area contributed by atoms with Gasteiger partial charge in [-0.15, -0.1) is 5.10 Å². The highest BCUT2D eigenvalue weighted by atomic mass is 16.5. The van der Waals surface area contributed by atoms with Crippen LogP contribution in [0.5, 0.6) is 0 Å². The third-order valence-electron chi connectivity index (χ3n) is 1.59. The number of esters is 1. The number of aromatic amines is 1. The minimum Gasteiger partial charge on any atom is -0.464 e. The van der Waals surface area contributed by atoms with Crippen molar-refractivity contribution in [3.63, 3.8) is 0 Å². The molecule has 0 amide bonds. The van der Waals surface area contributed by atoms with Gasteiger partial charge >= 0.3 is 5.97 Å². The van der Waals surface area contributed by atoms with Crippen molar-refractivity contribution in [2.24, 2.45) is 0 Å². The summed E-state index contributed by atoms with van der Waals surface area (Å²) in [5.74, 6) is -0.0320. The molecule has 0 radical (unpaired) electrons. The van der Waals surface area contributed by atoms with E-state index in [4.69, 9.17) is 0 Å². The van der Waals surface area contributed by atoms with Crippen molar-refractivity contribution >= 4 is 5.97 Å². The number of rotatable bonds is 2. The van der Waals surface area contributed by atoms with Crippen LogP contribution >= 0.6 is 0 Å². The zero-order chi connectivity index (χ0) is 9.97. The number of aromatic nitrogens is 5. The largest absolute Gasteiger partial charge is 0.464 e. The average molecular weight is 193 g/mol. The van der Waals surface area contributed by atoms with Gasteiger partial charge in [0.25, 0.3) is 0 Å². The number of nitrogens with zero attached hydrogens (tertiary/aromatic N) is 4. The van der Waals surface area contributed by atoms with Gasteiger partial charge in [-0.1, -0.05) is 5.21 Å². The molecule has 14 heavy (non-hydrogen) atoms. The molecule has 0 saturated carbocycles. The molecule has 2 aromatic heterocycles. The van der Waals surface area contributed by atoms with Gasteiger partial charge in [0.1, 0.15) is 0 Å². The summed E-state index contributed by atoms with van der Waals surface area (Å²) in [6, 6.07) is 0. The predicted octanol–water partition coefficient (Wildman–Crippen LogP) is -0.223. The summed E-state index contributed by atoms with van der Waals surface area (Å²) in [5, 5.41) is 7.32. The number of hydrogen-bond acceptors (Lipinski definition) is 5. The van der Waals surface area contributed by atoms with E-state index in [-0.39, 0.29) is 5.69 Å². The van der Waals surface area contributed by atoms with Crippen LogP contribution in [0.15, 0.2) is 18.6 Å². The highest BCUT2D eigenvalue weighted by molar-refractivity contribution is 5.86. The van der Waals surface area contributed by atoms with Crippen LogP contribution in [-0.4, -0.2) is 38.0 Å². The van der Waals surface area contributed by atoms with Crippen molar-refractivity contribution < 1.29 is 9.53 Å². The highest BCUT2D eigenvalue weighted by Crippen LogP contribution is 2.00. The van der Waals surface area contributed by atoms with Crippen molar-refractivity contribution in [1.29, 1.82) is 0 Å². The van der Waals surface area contributed by atoms with Crippen LogP contribution in [0.1, 0.15) is 10.5 Å². The topological polar surface area (TPSA) is 85.7 Å². The second-order valence-corrected chi connectivity index (χ2v) is 2.45. The summed E-state index contributed by atoms with van der Waals surface area (Å²) in [5.41, 5.74) is 0.143. The lowest BCUT2D eigenvalue weighted by Gasteiger charge is -1.91. The Balaban J connectivity index is 2.31. The van der Waals surface area contributed by atoms with Crippen LogP contribution in [0, 0.1) is 0 Å². The minimum atomic E-state index is -0.525. The lowest BCUT2D eigenvalue weighted by Crippen LogP contribution is -2.01.